The molecule has 130 valence electrons. The van der Waals surface area contributed by atoms with Crippen LogP contribution >= 0.6 is 0 Å². The molecule has 0 radical (unpaired) electrons. The summed E-state index contributed by atoms with van der Waals surface area (Å²) in [5, 5.41) is 14.8. The van der Waals surface area contributed by atoms with E-state index >= 15 is 0 Å². The molecule has 0 spiro atoms. The molecular weight excluding hydrogens is 316 g/mol. The number of rotatable bonds is 3. The average molecular weight is 338 g/mol. The van der Waals surface area contributed by atoms with Gasteiger partial charge in [0.15, 0.2) is 0 Å². The van der Waals surface area contributed by atoms with E-state index in [0.717, 1.165) is 36.6 Å². The molecule has 2 aromatic rings. The van der Waals surface area contributed by atoms with E-state index in [4.69, 9.17) is 4.99 Å². The van der Waals surface area contributed by atoms with E-state index in [0.29, 0.717) is 11.7 Å². The Bertz CT molecular complexity index is 789. The number of nitrogens with zero attached hydrogens (tertiary/aromatic N) is 3. The second kappa shape index (κ2) is 7.44. The summed E-state index contributed by atoms with van der Waals surface area (Å²) in [6.45, 7) is 6.47. The van der Waals surface area contributed by atoms with E-state index in [2.05, 4.69) is 17.1 Å². The van der Waals surface area contributed by atoms with Crippen molar-refractivity contribution in [2.24, 2.45) is 4.99 Å². The topological polar surface area (TPSA) is 70.8 Å². The molecular formula is C19H22N4O2. The van der Waals surface area contributed by atoms with Gasteiger partial charge in [-0.05, 0) is 25.5 Å². The summed E-state index contributed by atoms with van der Waals surface area (Å²) in [5.74, 6) is 0.779. The average Bonchev–Trinajstić information content (AvgIpc) is 2.61. The van der Waals surface area contributed by atoms with Crippen LogP contribution in [0, 0.1) is 17.0 Å². The third kappa shape index (κ3) is 4.03. The number of nitrogens with one attached hydrogen (secondary N) is 1. The second-order valence-electron chi connectivity index (χ2n) is 6.35. The third-order valence-corrected chi connectivity index (χ3v) is 4.25. The van der Waals surface area contributed by atoms with Gasteiger partial charge in [0.05, 0.1) is 4.92 Å². The van der Waals surface area contributed by atoms with Gasteiger partial charge >= 0.3 is 0 Å². The van der Waals surface area contributed by atoms with Gasteiger partial charge in [0.25, 0.3) is 5.69 Å². The van der Waals surface area contributed by atoms with Crippen molar-refractivity contribution in [2.45, 2.75) is 19.9 Å². The van der Waals surface area contributed by atoms with E-state index in [1.54, 1.807) is 12.1 Å². The second-order valence-corrected chi connectivity index (χ2v) is 6.35. The van der Waals surface area contributed by atoms with Crippen LogP contribution in [0.5, 0.6) is 0 Å². The molecule has 1 fully saturated rings. The SMILES string of the molecule is Cc1ccc(N=C(c2ccccc2)N2CCNC(C)C2)c([N+](=O)[O-])c1. The summed E-state index contributed by atoms with van der Waals surface area (Å²) in [5.41, 5.74) is 2.24. The Morgan fingerprint density at radius 2 is 2.04 bits per heavy atom. The molecule has 6 nitrogen and oxygen atoms in total. The number of aliphatic imine (C=N–C) groups is 1. The summed E-state index contributed by atoms with van der Waals surface area (Å²) >= 11 is 0. The van der Waals surface area contributed by atoms with Gasteiger partial charge in [-0.15, -0.1) is 0 Å². The number of benzene rings is 2. The maximum Gasteiger partial charge on any atom is 0.295 e. The van der Waals surface area contributed by atoms with E-state index in [-0.39, 0.29) is 10.6 Å². The summed E-state index contributed by atoms with van der Waals surface area (Å²) in [6, 6.07) is 15.3. The highest BCUT2D eigenvalue weighted by molar-refractivity contribution is 6.01. The van der Waals surface area contributed by atoms with Crippen molar-refractivity contribution in [2.75, 3.05) is 19.6 Å². The molecule has 0 amide bonds. The molecule has 1 heterocycles. The van der Waals surface area contributed by atoms with E-state index in [1.165, 1.54) is 0 Å². The first kappa shape index (κ1) is 17.1. The first-order chi connectivity index (χ1) is 12.0. The van der Waals surface area contributed by atoms with E-state index in [9.17, 15) is 10.1 Å². The molecule has 25 heavy (non-hydrogen) atoms. The lowest BCUT2D eigenvalue weighted by Crippen LogP contribution is -2.51. The molecule has 1 atom stereocenters. The third-order valence-electron chi connectivity index (χ3n) is 4.25. The van der Waals surface area contributed by atoms with Crippen molar-refractivity contribution in [1.29, 1.82) is 0 Å². The fourth-order valence-corrected chi connectivity index (χ4v) is 3.02. The van der Waals surface area contributed by atoms with Gasteiger partial charge in [-0.25, -0.2) is 4.99 Å². The summed E-state index contributed by atoms with van der Waals surface area (Å²) in [4.78, 5) is 18.0. The minimum absolute atomic E-state index is 0.0385. The predicted molar refractivity (Wildman–Crippen MR) is 99.5 cm³/mol. The Kier molecular flexibility index (Phi) is 5.09. The number of nitro benzene ring substituents is 1. The smallest absolute Gasteiger partial charge is 0.295 e. The molecule has 1 N–H and O–H groups in total. The Morgan fingerprint density at radius 3 is 2.72 bits per heavy atom. The van der Waals surface area contributed by atoms with E-state index < -0.39 is 0 Å². The van der Waals surface area contributed by atoms with Gasteiger partial charge < -0.3 is 10.2 Å². The Labute approximate surface area is 147 Å². The fraction of sp³-hybridized carbons (Fsp3) is 0.316. The Balaban J connectivity index is 2.08. The lowest BCUT2D eigenvalue weighted by atomic mass is 10.1. The molecule has 1 aliphatic rings. The van der Waals surface area contributed by atoms with Gasteiger partial charge in [-0.3, -0.25) is 10.1 Å². The molecule has 6 heteroatoms. The molecule has 0 aromatic heterocycles. The molecule has 0 aliphatic carbocycles. The first-order valence-electron chi connectivity index (χ1n) is 8.42. The minimum atomic E-state index is -0.366. The van der Waals surface area contributed by atoms with Crippen molar-refractivity contribution < 1.29 is 4.92 Å². The lowest BCUT2D eigenvalue weighted by molar-refractivity contribution is -0.384. The monoisotopic (exact) mass is 338 g/mol. The van der Waals surface area contributed by atoms with Crippen LogP contribution in [0.4, 0.5) is 11.4 Å². The number of amidine groups is 1. The molecule has 1 aliphatic heterocycles. The zero-order valence-electron chi connectivity index (χ0n) is 14.5. The van der Waals surface area contributed by atoms with Gasteiger partial charge in [0, 0.05) is 37.3 Å². The Hall–Kier alpha value is -2.73. The highest BCUT2D eigenvalue weighted by Crippen LogP contribution is 2.29. The zero-order valence-corrected chi connectivity index (χ0v) is 14.5. The highest BCUT2D eigenvalue weighted by Gasteiger charge is 2.22. The number of piperazine rings is 1. The van der Waals surface area contributed by atoms with Crippen LogP contribution in [0.25, 0.3) is 0 Å². The lowest BCUT2D eigenvalue weighted by Gasteiger charge is -2.34. The number of hydrogen-bond donors (Lipinski definition) is 1. The Morgan fingerprint density at radius 1 is 1.28 bits per heavy atom. The van der Waals surface area contributed by atoms with Gasteiger partial charge in [0.1, 0.15) is 11.5 Å². The summed E-state index contributed by atoms with van der Waals surface area (Å²) in [7, 11) is 0. The standard InChI is InChI=1S/C19H22N4O2/c1-14-8-9-17(18(12-14)23(24)25)21-19(16-6-4-3-5-7-16)22-11-10-20-15(2)13-22/h3-9,12,15,20H,10-11,13H2,1-2H3. The van der Waals surface area contributed by atoms with Crippen LogP contribution < -0.4 is 5.32 Å². The predicted octanol–water partition coefficient (Wildman–Crippen LogP) is 3.28. The van der Waals surface area contributed by atoms with Gasteiger partial charge in [-0.1, -0.05) is 36.4 Å². The molecule has 0 bridgehead atoms. The van der Waals surface area contributed by atoms with Crippen molar-refractivity contribution in [3.63, 3.8) is 0 Å². The number of hydrogen-bond acceptors (Lipinski definition) is 4. The van der Waals surface area contributed by atoms with Crippen molar-refractivity contribution in [1.82, 2.24) is 10.2 Å². The van der Waals surface area contributed by atoms with Crippen LogP contribution in [-0.2, 0) is 0 Å². The highest BCUT2D eigenvalue weighted by atomic mass is 16.6. The minimum Gasteiger partial charge on any atom is -0.353 e. The molecule has 3 rings (SSSR count). The maximum atomic E-state index is 11.4. The number of aryl methyl sites for hydroxylation is 1. The molecule has 1 saturated heterocycles. The van der Waals surface area contributed by atoms with Gasteiger partial charge in [-0.2, -0.15) is 0 Å². The van der Waals surface area contributed by atoms with Crippen molar-refractivity contribution in [3.05, 3.63) is 69.8 Å². The fourth-order valence-electron chi connectivity index (χ4n) is 3.02. The van der Waals surface area contributed by atoms with Crippen molar-refractivity contribution in [3.8, 4) is 0 Å². The van der Waals surface area contributed by atoms with Crippen LogP contribution in [0.1, 0.15) is 18.1 Å². The quantitative estimate of drug-likeness (QED) is 0.403. The van der Waals surface area contributed by atoms with Crippen LogP contribution in [-0.4, -0.2) is 41.3 Å². The normalized spacial score (nSPS) is 18.2. The van der Waals surface area contributed by atoms with Crippen LogP contribution in [0.2, 0.25) is 0 Å². The van der Waals surface area contributed by atoms with Crippen LogP contribution in [0.15, 0.2) is 53.5 Å². The molecule has 0 saturated carbocycles. The zero-order chi connectivity index (χ0) is 17.8. The van der Waals surface area contributed by atoms with Gasteiger partial charge in [0.2, 0.25) is 0 Å². The number of nitro groups is 1. The van der Waals surface area contributed by atoms with Crippen LogP contribution in [0.3, 0.4) is 0 Å². The largest absolute Gasteiger partial charge is 0.353 e. The molecule has 1 unspecified atom stereocenters. The summed E-state index contributed by atoms with van der Waals surface area (Å²) in [6.07, 6.45) is 0. The molecule has 2 aromatic carbocycles. The maximum absolute atomic E-state index is 11.4. The summed E-state index contributed by atoms with van der Waals surface area (Å²) < 4.78 is 0. The van der Waals surface area contributed by atoms with Crippen molar-refractivity contribution >= 4 is 17.2 Å². The first-order valence-corrected chi connectivity index (χ1v) is 8.42. The van der Waals surface area contributed by atoms with E-state index in [1.807, 2.05) is 43.3 Å².